The smallest absolute Gasteiger partial charge is 0.407 e. The Bertz CT molecular complexity index is 1600. The first-order valence-corrected chi connectivity index (χ1v) is 14.2. The average molecular weight is 581 g/mol. The molecule has 0 unspecified atom stereocenters. The number of fused-ring (bicyclic) bond motifs is 1. The van der Waals surface area contributed by atoms with E-state index in [1.54, 1.807) is 24.4 Å². The van der Waals surface area contributed by atoms with Crippen LogP contribution in [0.4, 0.5) is 9.18 Å². The third-order valence-corrected chi connectivity index (χ3v) is 7.64. The second-order valence-electron chi connectivity index (χ2n) is 10.7. The molecule has 0 aliphatic carbocycles. The lowest BCUT2D eigenvalue weighted by atomic mass is 10.0. The predicted octanol–water partition coefficient (Wildman–Crippen LogP) is 4.99. The largest absolute Gasteiger partial charge is 0.447 e. The molecule has 1 aliphatic rings. The van der Waals surface area contributed by atoms with Crippen molar-refractivity contribution in [2.75, 3.05) is 13.2 Å². The number of alkyl carbamates (subject to hydrolysis) is 1. The molecule has 9 nitrogen and oxygen atoms in total. The lowest BCUT2D eigenvalue weighted by molar-refractivity contribution is 0.176. The summed E-state index contributed by atoms with van der Waals surface area (Å²) >= 11 is 6.23. The summed E-state index contributed by atoms with van der Waals surface area (Å²) in [4.78, 5) is 31.4. The van der Waals surface area contributed by atoms with Gasteiger partial charge in [-0.25, -0.2) is 14.0 Å². The van der Waals surface area contributed by atoms with Crippen LogP contribution in [0.3, 0.4) is 0 Å². The maximum Gasteiger partial charge on any atom is 0.407 e. The minimum absolute atomic E-state index is 0.0236. The summed E-state index contributed by atoms with van der Waals surface area (Å²) in [7, 11) is 0. The number of aromatic nitrogens is 3. The van der Waals surface area contributed by atoms with Gasteiger partial charge in [0.25, 0.3) is 0 Å². The van der Waals surface area contributed by atoms with Crippen LogP contribution in [-0.4, -0.2) is 45.9 Å². The maximum absolute atomic E-state index is 15.1. The van der Waals surface area contributed by atoms with E-state index in [-0.39, 0.29) is 29.2 Å². The Labute approximate surface area is 242 Å². The first-order chi connectivity index (χ1) is 19.7. The highest BCUT2D eigenvalue weighted by molar-refractivity contribution is 6.31. The summed E-state index contributed by atoms with van der Waals surface area (Å²) in [5.74, 6) is -0.524. The molecule has 0 radical (unpaired) electrons. The van der Waals surface area contributed by atoms with Gasteiger partial charge in [-0.05, 0) is 87.5 Å². The average Bonchev–Trinajstić information content (AvgIpc) is 3.55. The van der Waals surface area contributed by atoms with E-state index in [1.165, 1.54) is 4.57 Å². The van der Waals surface area contributed by atoms with Gasteiger partial charge in [-0.1, -0.05) is 23.7 Å². The number of hydrogen-bond acceptors (Lipinski definition) is 6. The summed E-state index contributed by atoms with van der Waals surface area (Å²) in [6.45, 7) is 5.12. The Hall–Kier alpha value is -3.73. The second kappa shape index (κ2) is 12.4. The number of nitrogens with two attached hydrogens (primary N) is 1. The Kier molecular flexibility index (Phi) is 8.72. The monoisotopic (exact) mass is 580 g/mol. The van der Waals surface area contributed by atoms with E-state index < -0.39 is 11.5 Å². The van der Waals surface area contributed by atoms with Crippen molar-refractivity contribution in [3.63, 3.8) is 0 Å². The van der Waals surface area contributed by atoms with Crippen LogP contribution < -0.4 is 22.1 Å². The minimum atomic E-state index is -0.524. The van der Waals surface area contributed by atoms with E-state index in [0.717, 1.165) is 36.8 Å². The van der Waals surface area contributed by atoms with Crippen molar-refractivity contribution < 1.29 is 13.9 Å². The molecule has 1 amide bonds. The Morgan fingerprint density at radius 1 is 1.22 bits per heavy atom. The third kappa shape index (κ3) is 6.78. The Morgan fingerprint density at radius 2 is 2.00 bits per heavy atom. The first-order valence-electron chi connectivity index (χ1n) is 13.8. The summed E-state index contributed by atoms with van der Waals surface area (Å²) < 4.78 is 21.4. The van der Waals surface area contributed by atoms with Crippen molar-refractivity contribution in [1.82, 2.24) is 25.2 Å². The number of rotatable bonds is 11. The van der Waals surface area contributed by atoms with E-state index in [4.69, 9.17) is 22.1 Å². The van der Waals surface area contributed by atoms with Gasteiger partial charge in [-0.15, -0.1) is 0 Å². The highest BCUT2D eigenvalue weighted by Crippen LogP contribution is 2.31. The highest BCUT2D eigenvalue weighted by Gasteiger charge is 2.21. The number of ether oxygens (including phenoxy) is 1. The molecule has 2 aromatic heterocycles. The van der Waals surface area contributed by atoms with Gasteiger partial charge in [0.1, 0.15) is 12.3 Å². The molecule has 0 bridgehead atoms. The highest BCUT2D eigenvalue weighted by atomic mass is 35.5. The molecule has 3 atom stereocenters. The lowest BCUT2D eigenvalue weighted by Gasteiger charge is -2.16. The van der Waals surface area contributed by atoms with Crippen LogP contribution in [0.1, 0.15) is 50.3 Å². The van der Waals surface area contributed by atoms with Crippen LogP contribution in [-0.2, 0) is 11.2 Å². The molecule has 3 heterocycles. The summed E-state index contributed by atoms with van der Waals surface area (Å²) in [5.41, 5.74) is 9.25. The van der Waals surface area contributed by atoms with Gasteiger partial charge in [0.05, 0.1) is 22.4 Å². The molecule has 1 saturated heterocycles. The fourth-order valence-electron chi connectivity index (χ4n) is 5.04. The van der Waals surface area contributed by atoms with Crippen molar-refractivity contribution in [2.24, 2.45) is 5.73 Å². The first kappa shape index (κ1) is 28.8. The Balaban J connectivity index is 1.32. The van der Waals surface area contributed by atoms with E-state index in [2.05, 4.69) is 27.5 Å². The number of carbonyl (C=O) groups is 1. The number of carbonyl (C=O) groups excluding carboxylic acids is 1. The molecule has 4 aromatic rings. The van der Waals surface area contributed by atoms with Crippen LogP contribution in [0.5, 0.6) is 0 Å². The molecule has 216 valence electrons. The van der Waals surface area contributed by atoms with E-state index in [0.29, 0.717) is 41.1 Å². The zero-order chi connectivity index (χ0) is 29.1. The van der Waals surface area contributed by atoms with Crippen molar-refractivity contribution >= 4 is 28.7 Å². The predicted molar refractivity (Wildman–Crippen MR) is 158 cm³/mol. The van der Waals surface area contributed by atoms with Crippen LogP contribution in [0.15, 0.2) is 53.5 Å². The molecule has 2 aromatic carbocycles. The number of amides is 1. The summed E-state index contributed by atoms with van der Waals surface area (Å²) in [5, 5.41) is 6.93. The standard InChI is InChI=1S/C30H34ClFN6O3/c1-17(33)4-3-5-19-12-24(27(32)25(31)13-19)26-14-21-15-38(29(39)37-28(21)36-26)23-8-6-20(7-9-23)18(2)34-11-10-22-16-41-30(40)35-22/h6-9,12-15,17-18,22,34H,3-5,10-11,16,33H2,1-2H3,(H,35,40)(H,36,37,39)/t17-,18-,22+/m0/s1. The SMILES string of the molecule is C[C@H](N)CCCc1cc(Cl)c(F)c(-c2cc3cn(-c4ccc([C@H](C)NCC[C@@H]5COC(=O)N5)cc4)c(=O)nc3[nH]2)c1. The molecule has 5 N–H and O–H groups in total. The normalized spacial score (nSPS) is 16.5. The molecule has 1 fully saturated rings. The zero-order valence-corrected chi connectivity index (χ0v) is 23.8. The van der Waals surface area contributed by atoms with Gasteiger partial charge >= 0.3 is 11.8 Å². The number of aryl methyl sites for hydroxylation is 1. The zero-order valence-electron chi connectivity index (χ0n) is 23.0. The van der Waals surface area contributed by atoms with Crippen molar-refractivity contribution in [1.29, 1.82) is 0 Å². The molecular formula is C30H34ClFN6O3. The molecule has 0 spiro atoms. The summed E-state index contributed by atoms with van der Waals surface area (Å²) in [6.07, 6.45) is 4.56. The minimum Gasteiger partial charge on any atom is -0.447 e. The number of benzene rings is 2. The number of nitrogens with zero attached hydrogens (tertiary/aromatic N) is 2. The lowest BCUT2D eigenvalue weighted by Crippen LogP contribution is -2.31. The molecular weight excluding hydrogens is 547 g/mol. The summed E-state index contributed by atoms with van der Waals surface area (Å²) in [6, 6.07) is 13.1. The molecule has 11 heteroatoms. The van der Waals surface area contributed by atoms with Crippen molar-refractivity contribution in [3.05, 3.63) is 81.1 Å². The van der Waals surface area contributed by atoms with Crippen LogP contribution in [0.2, 0.25) is 5.02 Å². The van der Waals surface area contributed by atoms with E-state index in [1.807, 2.05) is 31.2 Å². The van der Waals surface area contributed by atoms with Gasteiger partial charge in [-0.2, -0.15) is 4.98 Å². The van der Waals surface area contributed by atoms with Crippen LogP contribution in [0.25, 0.3) is 28.0 Å². The van der Waals surface area contributed by atoms with Crippen molar-refractivity contribution in [3.8, 4) is 16.9 Å². The molecule has 1 aliphatic heterocycles. The van der Waals surface area contributed by atoms with Gasteiger partial charge in [-0.3, -0.25) is 4.57 Å². The quantitative estimate of drug-likeness (QED) is 0.198. The third-order valence-electron chi connectivity index (χ3n) is 7.36. The number of nitrogens with one attached hydrogen (secondary N) is 3. The maximum atomic E-state index is 15.1. The fraction of sp³-hybridized carbons (Fsp3) is 0.367. The molecule has 0 saturated carbocycles. The van der Waals surface area contributed by atoms with Gasteiger partial charge < -0.3 is 26.1 Å². The van der Waals surface area contributed by atoms with Gasteiger partial charge in [0.2, 0.25) is 0 Å². The fourth-order valence-corrected chi connectivity index (χ4v) is 5.28. The van der Waals surface area contributed by atoms with Gasteiger partial charge in [0, 0.05) is 29.2 Å². The Morgan fingerprint density at radius 3 is 2.71 bits per heavy atom. The van der Waals surface area contributed by atoms with Gasteiger partial charge in [0.15, 0.2) is 5.82 Å². The number of halogens is 2. The van der Waals surface area contributed by atoms with Crippen molar-refractivity contribution in [2.45, 2.75) is 57.7 Å². The molecule has 41 heavy (non-hydrogen) atoms. The van der Waals surface area contributed by atoms with E-state index in [9.17, 15) is 9.59 Å². The van der Waals surface area contributed by atoms with Crippen LogP contribution in [0, 0.1) is 5.82 Å². The number of aromatic amines is 1. The second-order valence-corrected chi connectivity index (χ2v) is 11.1. The van der Waals surface area contributed by atoms with Crippen LogP contribution >= 0.6 is 11.6 Å². The molecule has 5 rings (SSSR count). The topological polar surface area (TPSA) is 127 Å². The van der Waals surface area contributed by atoms with E-state index >= 15 is 4.39 Å². The number of hydrogen-bond donors (Lipinski definition) is 4. The number of cyclic esters (lactones) is 1. The number of H-pyrrole nitrogens is 1.